The third-order valence-corrected chi connectivity index (χ3v) is 5.94. The first-order valence-electron chi connectivity index (χ1n) is 11.7. The third-order valence-electron chi connectivity index (χ3n) is 5.94. The summed E-state index contributed by atoms with van der Waals surface area (Å²) >= 11 is 0. The van der Waals surface area contributed by atoms with E-state index in [-0.39, 0.29) is 11.6 Å². The van der Waals surface area contributed by atoms with Crippen molar-refractivity contribution in [3.8, 4) is 11.1 Å². The molecule has 1 saturated heterocycles. The van der Waals surface area contributed by atoms with Gasteiger partial charge in [-0.3, -0.25) is 14.9 Å². The largest absolute Gasteiger partial charge is 0.478 e. The van der Waals surface area contributed by atoms with Gasteiger partial charge in [0.05, 0.1) is 30.2 Å². The van der Waals surface area contributed by atoms with E-state index in [0.29, 0.717) is 11.4 Å². The topological polar surface area (TPSA) is 74.5 Å². The Bertz CT molecular complexity index is 1170. The van der Waals surface area contributed by atoms with E-state index in [1.165, 1.54) is 11.1 Å². The molecular formula is C28H31N3O3. The first-order valence-corrected chi connectivity index (χ1v) is 11.7. The molecule has 4 rings (SSSR count). The van der Waals surface area contributed by atoms with Crippen LogP contribution in [-0.2, 0) is 16.1 Å². The quantitative estimate of drug-likeness (QED) is 0.648. The zero-order chi connectivity index (χ0) is 24.1. The Kier molecular flexibility index (Phi) is 7.50. The Morgan fingerprint density at radius 2 is 1.74 bits per heavy atom. The second kappa shape index (κ2) is 10.7. The van der Waals surface area contributed by atoms with Gasteiger partial charge >= 0.3 is 5.97 Å². The molecule has 0 spiro atoms. The lowest BCUT2D eigenvalue weighted by Crippen LogP contribution is -2.35. The van der Waals surface area contributed by atoms with Crippen molar-refractivity contribution in [2.24, 2.45) is 9.98 Å². The molecule has 6 nitrogen and oxygen atoms in total. The van der Waals surface area contributed by atoms with E-state index >= 15 is 0 Å². The Labute approximate surface area is 201 Å². The fourth-order valence-corrected chi connectivity index (χ4v) is 4.24. The van der Waals surface area contributed by atoms with E-state index < -0.39 is 5.97 Å². The predicted molar refractivity (Wildman–Crippen MR) is 138 cm³/mol. The number of nitrogens with zero attached hydrogens (tertiary/aromatic N) is 3. The van der Waals surface area contributed by atoms with Crippen LogP contribution in [0.5, 0.6) is 0 Å². The summed E-state index contributed by atoms with van der Waals surface area (Å²) in [6, 6.07) is 16.8. The molecule has 0 saturated carbocycles. The highest BCUT2D eigenvalue weighted by Gasteiger charge is 2.24. The Morgan fingerprint density at radius 3 is 2.38 bits per heavy atom. The van der Waals surface area contributed by atoms with Crippen molar-refractivity contribution in [3.05, 3.63) is 77.4 Å². The minimum absolute atomic E-state index is 0.0252. The molecule has 1 fully saturated rings. The normalized spacial score (nSPS) is 19.4. The second-order valence-corrected chi connectivity index (χ2v) is 8.81. The standard InChI is InChI=1S/C28H31N3O3/c1-19(2)30-27-25(28(32)33)16-24(17-26(27)29-3)22-9-7-21(8-10-22)23-6-4-5-20(15-23)18-31-11-13-34-14-12-31/h4-10,15-17,19H,11-14,18H2,1-3H3,(H,32,33)/b29-26-,30-27-. The van der Waals surface area contributed by atoms with Crippen molar-refractivity contribution >= 4 is 23.0 Å². The fraction of sp³-hybridized carbons (Fsp3) is 0.321. The van der Waals surface area contributed by atoms with Gasteiger partial charge < -0.3 is 9.84 Å². The van der Waals surface area contributed by atoms with Gasteiger partial charge in [0.15, 0.2) is 0 Å². The number of ether oxygens (including phenoxy) is 1. The van der Waals surface area contributed by atoms with Crippen molar-refractivity contribution in [3.63, 3.8) is 0 Å². The summed E-state index contributed by atoms with van der Waals surface area (Å²) in [5.74, 6) is -1.00. The minimum atomic E-state index is -1.00. The smallest absolute Gasteiger partial charge is 0.337 e. The van der Waals surface area contributed by atoms with Crippen LogP contribution in [0.3, 0.4) is 0 Å². The summed E-state index contributed by atoms with van der Waals surface area (Å²) in [5.41, 5.74) is 6.52. The van der Waals surface area contributed by atoms with Crippen LogP contribution in [-0.4, -0.2) is 66.8 Å². The Balaban J connectivity index is 1.58. The summed E-state index contributed by atoms with van der Waals surface area (Å²) in [6.45, 7) is 8.29. The van der Waals surface area contributed by atoms with Gasteiger partial charge in [0, 0.05) is 32.7 Å². The molecule has 6 heteroatoms. The van der Waals surface area contributed by atoms with Crippen molar-refractivity contribution in [2.45, 2.75) is 26.4 Å². The maximum Gasteiger partial charge on any atom is 0.337 e. The average Bonchev–Trinajstić information content (AvgIpc) is 2.84. The summed E-state index contributed by atoms with van der Waals surface area (Å²) in [6.07, 6.45) is 3.60. The van der Waals surface area contributed by atoms with E-state index in [0.717, 1.165) is 49.5 Å². The molecule has 2 aliphatic rings. The van der Waals surface area contributed by atoms with E-state index in [4.69, 9.17) is 4.74 Å². The number of allylic oxidation sites excluding steroid dienone is 3. The van der Waals surface area contributed by atoms with Crippen molar-refractivity contribution in [1.29, 1.82) is 0 Å². The third kappa shape index (κ3) is 5.58. The number of hydrogen-bond donors (Lipinski definition) is 1. The van der Waals surface area contributed by atoms with Gasteiger partial charge in [-0.25, -0.2) is 4.79 Å². The van der Waals surface area contributed by atoms with Gasteiger partial charge in [-0.1, -0.05) is 42.5 Å². The van der Waals surface area contributed by atoms with E-state index in [1.54, 1.807) is 13.1 Å². The molecule has 1 heterocycles. The van der Waals surface area contributed by atoms with Gasteiger partial charge in [-0.2, -0.15) is 0 Å². The summed E-state index contributed by atoms with van der Waals surface area (Å²) in [7, 11) is 1.66. The summed E-state index contributed by atoms with van der Waals surface area (Å²) in [5, 5.41) is 9.79. The number of carboxylic acid groups (broad SMARTS) is 1. The molecule has 0 aromatic heterocycles. The molecule has 176 valence electrons. The number of morpholine rings is 1. The number of carboxylic acids is 1. The van der Waals surface area contributed by atoms with Crippen LogP contribution in [0.1, 0.15) is 25.0 Å². The lowest BCUT2D eigenvalue weighted by molar-refractivity contribution is -0.132. The van der Waals surface area contributed by atoms with Gasteiger partial charge in [-0.15, -0.1) is 0 Å². The zero-order valence-corrected chi connectivity index (χ0v) is 20.0. The molecule has 2 aromatic rings. The Hall–Kier alpha value is -3.35. The maximum absolute atomic E-state index is 12.0. The van der Waals surface area contributed by atoms with Crippen molar-refractivity contribution in [1.82, 2.24) is 4.90 Å². The molecule has 0 radical (unpaired) electrons. The molecule has 1 N–H and O–H groups in total. The number of aliphatic carboxylic acids is 1. The number of aliphatic imine (C=N–C) groups is 2. The van der Waals surface area contributed by atoms with E-state index in [1.807, 2.05) is 32.1 Å². The molecular weight excluding hydrogens is 426 g/mol. The van der Waals surface area contributed by atoms with Crippen LogP contribution >= 0.6 is 0 Å². The molecule has 0 bridgehead atoms. The fourth-order valence-electron chi connectivity index (χ4n) is 4.24. The molecule has 1 aliphatic carbocycles. The summed E-state index contributed by atoms with van der Waals surface area (Å²) < 4.78 is 5.45. The van der Waals surface area contributed by atoms with E-state index in [9.17, 15) is 9.90 Å². The molecule has 0 atom stereocenters. The SMILES string of the molecule is C/N=C1/C=C(c2ccc(-c3cccc(CN4CCOCC4)c3)cc2)C=C(C(=O)O)/C1=N/C(C)C. The van der Waals surface area contributed by atoms with E-state index in [2.05, 4.69) is 51.3 Å². The molecule has 2 aromatic carbocycles. The molecule has 34 heavy (non-hydrogen) atoms. The van der Waals surface area contributed by atoms with Crippen molar-refractivity contribution < 1.29 is 14.6 Å². The van der Waals surface area contributed by atoms with Gasteiger partial charge in [0.2, 0.25) is 0 Å². The molecule has 0 unspecified atom stereocenters. The molecule has 1 aliphatic heterocycles. The van der Waals surface area contributed by atoms with Gasteiger partial charge in [-0.05, 0) is 59.9 Å². The lowest BCUT2D eigenvalue weighted by Gasteiger charge is -2.26. The van der Waals surface area contributed by atoms with Crippen LogP contribution in [0.2, 0.25) is 0 Å². The van der Waals surface area contributed by atoms with Gasteiger partial charge in [0.1, 0.15) is 0 Å². The maximum atomic E-state index is 12.0. The van der Waals surface area contributed by atoms with Crippen LogP contribution < -0.4 is 0 Å². The summed E-state index contributed by atoms with van der Waals surface area (Å²) in [4.78, 5) is 23.2. The highest BCUT2D eigenvalue weighted by molar-refractivity contribution is 6.58. The van der Waals surface area contributed by atoms with Crippen LogP contribution in [0.15, 0.2) is 76.2 Å². The first-order chi connectivity index (χ1) is 16.4. The second-order valence-electron chi connectivity index (χ2n) is 8.81. The lowest BCUT2D eigenvalue weighted by atomic mass is 9.90. The minimum Gasteiger partial charge on any atom is -0.478 e. The molecule has 0 amide bonds. The number of hydrogen-bond acceptors (Lipinski definition) is 5. The average molecular weight is 458 g/mol. The van der Waals surface area contributed by atoms with Crippen LogP contribution in [0.25, 0.3) is 16.7 Å². The number of carbonyl (C=O) groups is 1. The highest BCUT2D eigenvalue weighted by atomic mass is 16.5. The number of rotatable bonds is 6. The van der Waals surface area contributed by atoms with Crippen molar-refractivity contribution in [2.75, 3.05) is 33.4 Å². The predicted octanol–water partition coefficient (Wildman–Crippen LogP) is 4.51. The highest BCUT2D eigenvalue weighted by Crippen LogP contribution is 2.27. The Morgan fingerprint density at radius 1 is 1.03 bits per heavy atom. The van der Waals surface area contributed by atoms with Crippen LogP contribution in [0, 0.1) is 0 Å². The monoisotopic (exact) mass is 457 g/mol. The number of benzene rings is 2. The van der Waals surface area contributed by atoms with Gasteiger partial charge in [0.25, 0.3) is 0 Å². The first kappa shape index (κ1) is 23.8. The zero-order valence-electron chi connectivity index (χ0n) is 20.0. The van der Waals surface area contributed by atoms with Crippen LogP contribution in [0.4, 0.5) is 0 Å².